The van der Waals surface area contributed by atoms with Crippen LogP contribution in [-0.2, 0) is 0 Å². The van der Waals surface area contributed by atoms with Crippen molar-refractivity contribution in [3.63, 3.8) is 0 Å². The lowest BCUT2D eigenvalue weighted by atomic mass is 9.90. The van der Waals surface area contributed by atoms with Crippen molar-refractivity contribution in [1.29, 1.82) is 0 Å². The molecular weight excluding hydrogens is 208 g/mol. The molecule has 0 amide bonds. The second-order valence-electron chi connectivity index (χ2n) is 6.07. The van der Waals surface area contributed by atoms with E-state index in [0.717, 1.165) is 24.9 Å². The summed E-state index contributed by atoms with van der Waals surface area (Å²) in [7, 11) is 0. The zero-order valence-electron chi connectivity index (χ0n) is 12.3. The van der Waals surface area contributed by atoms with Gasteiger partial charge in [-0.05, 0) is 31.7 Å². The molecule has 0 aromatic heterocycles. The molecule has 0 spiro atoms. The monoisotopic (exact) mass is 240 g/mol. The van der Waals surface area contributed by atoms with Gasteiger partial charge in [-0.2, -0.15) is 0 Å². The van der Waals surface area contributed by atoms with Crippen molar-refractivity contribution in [1.82, 2.24) is 4.90 Å². The van der Waals surface area contributed by atoms with Crippen LogP contribution < -0.4 is 5.73 Å². The highest BCUT2D eigenvalue weighted by Gasteiger charge is 2.36. The number of likely N-dealkylation sites (N-methyl/N-ethyl adjacent to an activating group) is 1. The molecular formula is C15H32N2. The van der Waals surface area contributed by atoms with Crippen LogP contribution in [0.15, 0.2) is 0 Å². The highest BCUT2D eigenvalue weighted by atomic mass is 15.2. The smallest absolute Gasteiger partial charge is 0.0306 e. The Morgan fingerprint density at radius 1 is 1.24 bits per heavy atom. The van der Waals surface area contributed by atoms with Gasteiger partial charge in [-0.3, -0.25) is 4.90 Å². The summed E-state index contributed by atoms with van der Waals surface area (Å²) in [5, 5.41) is 0. The summed E-state index contributed by atoms with van der Waals surface area (Å²) >= 11 is 0. The van der Waals surface area contributed by atoms with Crippen molar-refractivity contribution >= 4 is 0 Å². The van der Waals surface area contributed by atoms with E-state index in [0.29, 0.717) is 0 Å². The summed E-state index contributed by atoms with van der Waals surface area (Å²) in [6.45, 7) is 12.4. The zero-order valence-corrected chi connectivity index (χ0v) is 12.3. The molecule has 0 saturated heterocycles. The molecule has 1 fully saturated rings. The van der Waals surface area contributed by atoms with Crippen LogP contribution in [0.4, 0.5) is 0 Å². The Balaban J connectivity index is 2.59. The van der Waals surface area contributed by atoms with Gasteiger partial charge in [0.05, 0.1) is 0 Å². The van der Waals surface area contributed by atoms with Crippen molar-refractivity contribution in [3.05, 3.63) is 0 Å². The molecule has 0 aromatic rings. The highest BCUT2D eigenvalue weighted by Crippen LogP contribution is 2.38. The van der Waals surface area contributed by atoms with E-state index in [1.165, 1.54) is 38.6 Å². The van der Waals surface area contributed by atoms with Gasteiger partial charge in [0, 0.05) is 18.6 Å². The van der Waals surface area contributed by atoms with Crippen LogP contribution in [0.25, 0.3) is 0 Å². The van der Waals surface area contributed by atoms with Crippen molar-refractivity contribution in [2.75, 3.05) is 19.6 Å². The maximum atomic E-state index is 6.08. The Hall–Kier alpha value is -0.0800. The van der Waals surface area contributed by atoms with E-state index in [1.54, 1.807) is 0 Å². The summed E-state index contributed by atoms with van der Waals surface area (Å²) in [4.78, 5) is 2.64. The number of hydrogen-bond acceptors (Lipinski definition) is 2. The van der Waals surface area contributed by atoms with Gasteiger partial charge in [0.1, 0.15) is 0 Å². The van der Waals surface area contributed by atoms with Gasteiger partial charge in [0.2, 0.25) is 0 Å². The van der Waals surface area contributed by atoms with Crippen molar-refractivity contribution < 1.29 is 0 Å². The first-order chi connectivity index (χ1) is 8.09. The molecule has 1 saturated carbocycles. The molecule has 2 heteroatoms. The first-order valence-corrected chi connectivity index (χ1v) is 7.54. The number of rotatable bonds is 9. The summed E-state index contributed by atoms with van der Waals surface area (Å²) in [6, 6.07) is 0. The molecule has 1 rings (SSSR count). The molecule has 1 atom stereocenters. The summed E-state index contributed by atoms with van der Waals surface area (Å²) in [6.07, 6.45) is 6.74. The van der Waals surface area contributed by atoms with Gasteiger partial charge in [0.15, 0.2) is 0 Å². The number of hydrogen-bond donors (Lipinski definition) is 1. The summed E-state index contributed by atoms with van der Waals surface area (Å²) in [5.41, 5.74) is 6.31. The van der Waals surface area contributed by atoms with Gasteiger partial charge in [-0.1, -0.05) is 46.5 Å². The minimum atomic E-state index is 0.235. The first-order valence-electron chi connectivity index (χ1n) is 7.54. The van der Waals surface area contributed by atoms with Crippen LogP contribution in [0.3, 0.4) is 0 Å². The molecule has 0 aliphatic heterocycles. The van der Waals surface area contributed by atoms with Crippen LogP contribution in [0.1, 0.15) is 59.8 Å². The molecule has 0 radical (unpaired) electrons. The molecule has 0 heterocycles. The lowest BCUT2D eigenvalue weighted by Gasteiger charge is -2.42. The van der Waals surface area contributed by atoms with Gasteiger partial charge in [-0.25, -0.2) is 0 Å². The van der Waals surface area contributed by atoms with Crippen LogP contribution in [0.5, 0.6) is 0 Å². The Labute approximate surface area is 108 Å². The molecule has 0 aromatic carbocycles. The second kappa shape index (κ2) is 6.75. The standard InChI is InChI=1S/C15H32N2/c1-5-13(6-2)11-17(7-3)15(4,12-16)10-14-8-9-14/h13-14H,5-12,16H2,1-4H3. The quantitative estimate of drug-likeness (QED) is 0.670. The summed E-state index contributed by atoms with van der Waals surface area (Å²) < 4.78 is 0. The van der Waals surface area contributed by atoms with Gasteiger partial charge in [0.25, 0.3) is 0 Å². The number of nitrogens with zero attached hydrogens (tertiary/aromatic N) is 1. The fraction of sp³-hybridized carbons (Fsp3) is 1.00. The topological polar surface area (TPSA) is 29.3 Å². The van der Waals surface area contributed by atoms with Gasteiger partial charge in [-0.15, -0.1) is 0 Å². The van der Waals surface area contributed by atoms with E-state index in [-0.39, 0.29) is 5.54 Å². The van der Waals surface area contributed by atoms with Crippen LogP contribution >= 0.6 is 0 Å². The lowest BCUT2D eigenvalue weighted by Crippen LogP contribution is -2.53. The van der Waals surface area contributed by atoms with Crippen LogP contribution in [-0.4, -0.2) is 30.1 Å². The number of nitrogens with two attached hydrogens (primary N) is 1. The highest BCUT2D eigenvalue weighted by molar-refractivity contribution is 4.93. The summed E-state index contributed by atoms with van der Waals surface area (Å²) in [5.74, 6) is 1.79. The van der Waals surface area contributed by atoms with E-state index in [4.69, 9.17) is 5.73 Å². The largest absolute Gasteiger partial charge is 0.329 e. The average molecular weight is 240 g/mol. The molecule has 2 N–H and O–H groups in total. The fourth-order valence-electron chi connectivity index (χ4n) is 2.88. The molecule has 1 unspecified atom stereocenters. The Morgan fingerprint density at radius 2 is 1.82 bits per heavy atom. The SMILES string of the molecule is CCC(CC)CN(CC)C(C)(CN)CC1CC1. The Bertz CT molecular complexity index is 209. The third kappa shape index (κ3) is 4.26. The predicted molar refractivity (Wildman–Crippen MR) is 76.1 cm³/mol. The minimum absolute atomic E-state index is 0.235. The third-order valence-electron chi connectivity index (χ3n) is 4.64. The Morgan fingerprint density at radius 3 is 2.18 bits per heavy atom. The van der Waals surface area contributed by atoms with E-state index >= 15 is 0 Å². The van der Waals surface area contributed by atoms with E-state index < -0.39 is 0 Å². The fourth-order valence-corrected chi connectivity index (χ4v) is 2.88. The third-order valence-corrected chi connectivity index (χ3v) is 4.64. The second-order valence-corrected chi connectivity index (χ2v) is 6.07. The first kappa shape index (κ1) is 15.0. The van der Waals surface area contributed by atoms with Crippen molar-refractivity contribution in [2.45, 2.75) is 65.3 Å². The maximum absolute atomic E-state index is 6.08. The van der Waals surface area contributed by atoms with Crippen LogP contribution in [0.2, 0.25) is 0 Å². The average Bonchev–Trinajstić information content (AvgIpc) is 3.14. The van der Waals surface area contributed by atoms with E-state index in [1.807, 2.05) is 0 Å². The van der Waals surface area contributed by atoms with E-state index in [9.17, 15) is 0 Å². The zero-order chi connectivity index (χ0) is 12.9. The minimum Gasteiger partial charge on any atom is -0.329 e. The van der Waals surface area contributed by atoms with E-state index in [2.05, 4.69) is 32.6 Å². The molecule has 17 heavy (non-hydrogen) atoms. The van der Waals surface area contributed by atoms with Gasteiger partial charge < -0.3 is 5.73 Å². The van der Waals surface area contributed by atoms with Crippen LogP contribution in [0, 0.1) is 11.8 Å². The molecule has 1 aliphatic rings. The predicted octanol–water partition coefficient (Wildman–Crippen LogP) is 3.26. The molecule has 102 valence electrons. The normalized spacial score (nSPS) is 19.9. The Kier molecular flexibility index (Phi) is 5.94. The lowest BCUT2D eigenvalue weighted by molar-refractivity contribution is 0.0811. The molecule has 1 aliphatic carbocycles. The van der Waals surface area contributed by atoms with Gasteiger partial charge >= 0.3 is 0 Å². The molecule has 2 nitrogen and oxygen atoms in total. The van der Waals surface area contributed by atoms with Crippen molar-refractivity contribution in [2.24, 2.45) is 17.6 Å². The molecule has 0 bridgehead atoms. The van der Waals surface area contributed by atoms with Crippen molar-refractivity contribution in [3.8, 4) is 0 Å². The maximum Gasteiger partial charge on any atom is 0.0306 e.